The molecule has 2 N–H and O–H groups in total. The van der Waals surface area contributed by atoms with Crippen molar-refractivity contribution in [3.8, 4) is 0 Å². The summed E-state index contributed by atoms with van der Waals surface area (Å²) in [6.45, 7) is 6.65. The molecule has 110 valence electrons. The molecule has 0 spiro atoms. The first-order chi connectivity index (χ1) is 9.41. The molecule has 0 atom stereocenters. The average Bonchev–Trinajstić information content (AvgIpc) is 2.70. The van der Waals surface area contributed by atoms with Crippen molar-refractivity contribution in [2.75, 3.05) is 5.73 Å². The molecule has 20 heavy (non-hydrogen) atoms. The van der Waals surface area contributed by atoms with E-state index in [9.17, 15) is 0 Å². The molecule has 1 aromatic heterocycles. The summed E-state index contributed by atoms with van der Waals surface area (Å²) in [6.07, 6.45) is 7.18. The highest BCUT2D eigenvalue weighted by atomic mass is 15.3. The van der Waals surface area contributed by atoms with E-state index in [0.717, 1.165) is 35.2 Å². The first-order valence-electron chi connectivity index (χ1n) is 8.27. The molecule has 3 nitrogen and oxygen atoms in total. The Hall–Kier alpha value is -0.990. The lowest BCUT2D eigenvalue weighted by atomic mass is 9.54. The molecule has 0 amide bonds. The predicted molar refractivity (Wildman–Crippen MR) is 81.4 cm³/mol. The summed E-state index contributed by atoms with van der Waals surface area (Å²) >= 11 is 0. The van der Waals surface area contributed by atoms with E-state index in [1.54, 1.807) is 0 Å². The minimum absolute atomic E-state index is 0.0886. The van der Waals surface area contributed by atoms with Gasteiger partial charge in [0, 0.05) is 11.5 Å². The Morgan fingerprint density at radius 2 is 1.60 bits per heavy atom. The summed E-state index contributed by atoms with van der Waals surface area (Å²) in [5.41, 5.74) is 7.55. The molecule has 1 aromatic rings. The van der Waals surface area contributed by atoms with Crippen LogP contribution in [0.15, 0.2) is 6.07 Å². The van der Waals surface area contributed by atoms with Crippen LogP contribution in [0.1, 0.15) is 64.6 Å². The van der Waals surface area contributed by atoms with E-state index >= 15 is 0 Å². The number of hydrogen-bond acceptors (Lipinski definition) is 2. The number of hydrogen-bond donors (Lipinski definition) is 1. The quantitative estimate of drug-likeness (QED) is 0.846. The van der Waals surface area contributed by atoms with Crippen molar-refractivity contribution in [3.63, 3.8) is 0 Å². The lowest BCUT2D eigenvalue weighted by Crippen LogP contribution is -2.46. The number of aromatic nitrogens is 2. The maximum atomic E-state index is 6.32. The van der Waals surface area contributed by atoms with E-state index in [2.05, 4.69) is 31.5 Å². The number of rotatable bonds is 1. The van der Waals surface area contributed by atoms with Crippen LogP contribution >= 0.6 is 0 Å². The first-order valence-corrected chi connectivity index (χ1v) is 8.27. The SMILES string of the molecule is CC(C)(C)c1cc(N)n(C2C3CC4CC(C3)CC2C4)n1. The first kappa shape index (κ1) is 12.7. The standard InChI is InChI=1S/C17H27N3/c1-17(2,3)14-9-15(18)20(19-14)16-12-5-10-4-11(7-12)8-13(16)6-10/h9-13,16H,4-8,18H2,1-3H3. The van der Waals surface area contributed by atoms with Crippen LogP contribution in [0.2, 0.25) is 0 Å². The van der Waals surface area contributed by atoms with Gasteiger partial charge < -0.3 is 5.73 Å². The van der Waals surface area contributed by atoms with Crippen LogP contribution in [-0.4, -0.2) is 9.78 Å². The van der Waals surface area contributed by atoms with Crippen molar-refractivity contribution in [3.05, 3.63) is 11.8 Å². The molecule has 4 aliphatic carbocycles. The number of nitrogens with zero attached hydrogens (tertiary/aromatic N) is 2. The van der Waals surface area contributed by atoms with Gasteiger partial charge in [0.05, 0.1) is 11.7 Å². The van der Waals surface area contributed by atoms with Gasteiger partial charge >= 0.3 is 0 Å². The normalized spacial score (nSPS) is 39.5. The van der Waals surface area contributed by atoms with Crippen molar-refractivity contribution in [2.24, 2.45) is 23.7 Å². The van der Waals surface area contributed by atoms with Gasteiger partial charge in [0.2, 0.25) is 0 Å². The van der Waals surface area contributed by atoms with Gasteiger partial charge in [0.25, 0.3) is 0 Å². The topological polar surface area (TPSA) is 43.8 Å². The molecule has 0 saturated heterocycles. The van der Waals surface area contributed by atoms with Gasteiger partial charge in [-0.1, -0.05) is 20.8 Å². The van der Waals surface area contributed by atoms with Crippen LogP contribution in [0, 0.1) is 23.7 Å². The van der Waals surface area contributed by atoms with E-state index in [-0.39, 0.29) is 5.41 Å². The zero-order valence-corrected chi connectivity index (χ0v) is 13.0. The molecule has 0 aliphatic heterocycles. The van der Waals surface area contributed by atoms with Crippen LogP contribution in [0.3, 0.4) is 0 Å². The number of nitrogen functional groups attached to an aromatic ring is 1. The molecule has 4 aliphatic rings. The predicted octanol–water partition coefficient (Wildman–Crippen LogP) is 3.76. The van der Waals surface area contributed by atoms with Crippen molar-refractivity contribution in [2.45, 2.75) is 64.3 Å². The Morgan fingerprint density at radius 3 is 2.05 bits per heavy atom. The third-order valence-electron chi connectivity index (χ3n) is 5.99. The highest BCUT2D eigenvalue weighted by Gasteiger charge is 2.49. The van der Waals surface area contributed by atoms with Crippen LogP contribution in [-0.2, 0) is 5.41 Å². The van der Waals surface area contributed by atoms with Gasteiger partial charge in [0.1, 0.15) is 5.82 Å². The zero-order chi connectivity index (χ0) is 14.1. The fourth-order valence-corrected chi connectivity index (χ4v) is 5.31. The van der Waals surface area contributed by atoms with Crippen molar-refractivity contribution >= 4 is 5.82 Å². The summed E-state index contributed by atoms with van der Waals surface area (Å²) in [4.78, 5) is 0. The molecule has 4 fully saturated rings. The number of nitrogens with two attached hydrogens (primary N) is 1. The lowest BCUT2D eigenvalue weighted by Gasteiger charge is -2.54. The number of anilines is 1. The van der Waals surface area contributed by atoms with Gasteiger partial charge in [-0.15, -0.1) is 0 Å². The second-order valence-corrected chi connectivity index (χ2v) is 8.57. The lowest BCUT2D eigenvalue weighted by molar-refractivity contribution is -0.0329. The van der Waals surface area contributed by atoms with E-state index in [1.165, 1.54) is 32.1 Å². The van der Waals surface area contributed by atoms with E-state index in [0.29, 0.717) is 6.04 Å². The molecular weight excluding hydrogens is 246 g/mol. The zero-order valence-electron chi connectivity index (χ0n) is 13.0. The average molecular weight is 273 g/mol. The molecular formula is C17H27N3. The third kappa shape index (κ3) is 1.82. The maximum absolute atomic E-state index is 6.32. The van der Waals surface area contributed by atoms with Gasteiger partial charge in [0.15, 0.2) is 0 Å². The molecule has 0 aromatic carbocycles. The fraction of sp³-hybridized carbons (Fsp3) is 0.824. The third-order valence-corrected chi connectivity index (χ3v) is 5.99. The van der Waals surface area contributed by atoms with Crippen molar-refractivity contribution in [1.29, 1.82) is 0 Å². The van der Waals surface area contributed by atoms with E-state index < -0.39 is 0 Å². The summed E-state index contributed by atoms with van der Waals surface area (Å²) in [5, 5.41) is 4.92. The molecule has 5 rings (SSSR count). The maximum Gasteiger partial charge on any atom is 0.122 e. The minimum Gasteiger partial charge on any atom is -0.384 e. The Bertz CT molecular complexity index is 495. The molecule has 0 unspecified atom stereocenters. The Kier molecular flexibility index (Phi) is 2.56. The van der Waals surface area contributed by atoms with Crippen molar-refractivity contribution < 1.29 is 0 Å². The fourth-order valence-electron chi connectivity index (χ4n) is 5.31. The van der Waals surface area contributed by atoms with E-state index in [4.69, 9.17) is 10.8 Å². The Labute approximate surface area is 121 Å². The highest BCUT2D eigenvalue weighted by Crippen LogP contribution is 2.58. The molecule has 4 saturated carbocycles. The van der Waals surface area contributed by atoms with Crippen molar-refractivity contribution in [1.82, 2.24) is 9.78 Å². The summed E-state index contributed by atoms with van der Waals surface area (Å²) < 4.78 is 2.20. The Morgan fingerprint density at radius 1 is 1.05 bits per heavy atom. The Balaban J connectivity index is 1.69. The minimum atomic E-state index is 0.0886. The van der Waals surface area contributed by atoms with Crippen LogP contribution in [0.5, 0.6) is 0 Å². The van der Waals surface area contributed by atoms with E-state index in [1.807, 2.05) is 0 Å². The van der Waals surface area contributed by atoms with Gasteiger partial charge in [-0.3, -0.25) is 0 Å². The van der Waals surface area contributed by atoms with Crippen LogP contribution < -0.4 is 5.73 Å². The molecule has 0 radical (unpaired) electrons. The van der Waals surface area contributed by atoms with Gasteiger partial charge in [-0.25, -0.2) is 4.68 Å². The highest BCUT2D eigenvalue weighted by molar-refractivity contribution is 5.34. The van der Waals surface area contributed by atoms with Gasteiger partial charge in [-0.2, -0.15) is 5.10 Å². The van der Waals surface area contributed by atoms with Gasteiger partial charge in [-0.05, 0) is 55.8 Å². The largest absolute Gasteiger partial charge is 0.384 e. The summed E-state index contributed by atoms with van der Waals surface area (Å²) in [7, 11) is 0. The second-order valence-electron chi connectivity index (χ2n) is 8.57. The molecule has 3 heteroatoms. The summed E-state index contributed by atoms with van der Waals surface area (Å²) in [6, 6.07) is 2.68. The van der Waals surface area contributed by atoms with Crippen LogP contribution in [0.4, 0.5) is 5.82 Å². The molecule has 1 heterocycles. The molecule has 4 bridgehead atoms. The second kappa shape index (κ2) is 4.02. The smallest absolute Gasteiger partial charge is 0.122 e. The summed E-state index contributed by atoms with van der Waals surface area (Å²) in [5.74, 6) is 4.56. The van der Waals surface area contributed by atoms with Crippen LogP contribution in [0.25, 0.3) is 0 Å². The monoisotopic (exact) mass is 273 g/mol.